The molecule has 1 aliphatic carbocycles. The Morgan fingerprint density at radius 1 is 1.28 bits per heavy atom. The molecule has 0 unspecified atom stereocenters. The normalized spacial score (nSPS) is 22.1. The highest BCUT2D eigenvalue weighted by atomic mass is 19.1. The van der Waals surface area contributed by atoms with Gasteiger partial charge in [0.1, 0.15) is 11.6 Å². The summed E-state index contributed by atoms with van der Waals surface area (Å²) in [6.07, 6.45) is 2.60. The molecule has 0 atom stereocenters. The summed E-state index contributed by atoms with van der Waals surface area (Å²) in [5.74, 6) is -1.76. The number of fused-ring (bicyclic) bond motifs is 2. The van der Waals surface area contributed by atoms with Crippen molar-refractivity contribution in [1.29, 1.82) is 0 Å². The second-order valence-electron chi connectivity index (χ2n) is 7.61. The van der Waals surface area contributed by atoms with Gasteiger partial charge in [0.05, 0.1) is 5.54 Å². The van der Waals surface area contributed by atoms with E-state index >= 15 is 0 Å². The van der Waals surface area contributed by atoms with Gasteiger partial charge < -0.3 is 15.7 Å². The molecule has 3 aliphatic rings. The minimum Gasteiger partial charge on any atom is -0.501 e. The summed E-state index contributed by atoms with van der Waals surface area (Å²) in [6.45, 7) is 1.48. The average molecular weight is 400 g/mol. The number of aromatic hydroxyl groups is 1. The smallest absolute Gasteiger partial charge is 0.296 e. The van der Waals surface area contributed by atoms with Crippen molar-refractivity contribution in [2.24, 2.45) is 0 Å². The van der Waals surface area contributed by atoms with Crippen LogP contribution < -0.4 is 16.2 Å². The molecule has 0 spiro atoms. The lowest BCUT2D eigenvalue weighted by Gasteiger charge is -2.47. The van der Waals surface area contributed by atoms with Gasteiger partial charge in [-0.3, -0.25) is 19.0 Å². The number of hydrogen-bond donors (Lipinski definition) is 3. The predicted molar refractivity (Wildman–Crippen MR) is 101 cm³/mol. The van der Waals surface area contributed by atoms with Crippen LogP contribution in [0.25, 0.3) is 0 Å². The first-order valence-electron chi connectivity index (χ1n) is 9.48. The van der Waals surface area contributed by atoms with Crippen molar-refractivity contribution >= 4 is 11.8 Å². The molecule has 8 nitrogen and oxygen atoms in total. The molecule has 0 saturated heterocycles. The molecule has 1 aromatic carbocycles. The molecule has 29 heavy (non-hydrogen) atoms. The van der Waals surface area contributed by atoms with E-state index in [9.17, 15) is 23.9 Å². The summed E-state index contributed by atoms with van der Waals surface area (Å²) >= 11 is 0. The molecule has 5 rings (SSSR count). The first kappa shape index (κ1) is 19.1. The van der Waals surface area contributed by atoms with Crippen LogP contribution >= 0.6 is 0 Å². The molecule has 2 aliphatic heterocycles. The second-order valence-corrected chi connectivity index (χ2v) is 7.61. The van der Waals surface area contributed by atoms with Crippen LogP contribution in [0.1, 0.15) is 60.5 Å². The Morgan fingerprint density at radius 2 is 1.93 bits per heavy atom. The summed E-state index contributed by atoms with van der Waals surface area (Å²) in [4.78, 5) is 41.5. The van der Waals surface area contributed by atoms with Crippen molar-refractivity contribution in [3.63, 3.8) is 0 Å². The van der Waals surface area contributed by atoms with Crippen LogP contribution in [0.15, 0.2) is 29.1 Å². The van der Waals surface area contributed by atoms with Crippen LogP contribution in [0.5, 0.6) is 5.75 Å². The van der Waals surface area contributed by atoms with E-state index in [0.29, 0.717) is 37.1 Å². The van der Waals surface area contributed by atoms with E-state index < -0.39 is 22.8 Å². The Balaban J connectivity index is 1.68. The minimum absolute atomic E-state index is 0.0815. The molecule has 1 aromatic heterocycles. The predicted octanol–water partition coefficient (Wildman–Crippen LogP) is 1.48. The lowest BCUT2D eigenvalue weighted by molar-refractivity contribution is -0.122. The number of nitrogens with one attached hydrogen (secondary N) is 2. The minimum atomic E-state index is -0.820. The molecule has 3 heterocycles. The number of hydrogen-bond acceptors (Lipinski definition) is 5. The maximum Gasteiger partial charge on any atom is 0.296 e. The van der Waals surface area contributed by atoms with E-state index in [4.69, 9.17) is 0 Å². The molecule has 0 radical (unpaired) electrons. The number of carbonyl (C=O) groups is 2. The monoisotopic (exact) mass is 400 g/mol. The molecule has 2 amide bonds. The molecular weight excluding hydrogens is 379 g/mol. The summed E-state index contributed by atoms with van der Waals surface area (Å²) in [6, 6.07) is 5.49. The molecule has 1 saturated carbocycles. The Hall–Kier alpha value is -3.23. The van der Waals surface area contributed by atoms with Gasteiger partial charge in [-0.1, -0.05) is 12.1 Å². The topological polar surface area (TPSA) is 113 Å². The maximum absolute atomic E-state index is 13.0. The van der Waals surface area contributed by atoms with Gasteiger partial charge in [0, 0.05) is 19.5 Å². The third kappa shape index (κ3) is 3.26. The third-order valence-corrected chi connectivity index (χ3v) is 5.69. The van der Waals surface area contributed by atoms with E-state index in [1.54, 1.807) is 0 Å². The Morgan fingerprint density at radius 3 is 2.55 bits per heavy atom. The van der Waals surface area contributed by atoms with Crippen LogP contribution in [0.4, 0.5) is 4.39 Å². The number of carbonyl (C=O) groups excluding carboxylic acids is 2. The zero-order valence-corrected chi connectivity index (χ0v) is 15.9. The Labute approximate surface area is 165 Å². The Bertz CT molecular complexity index is 1040. The largest absolute Gasteiger partial charge is 0.501 e. The van der Waals surface area contributed by atoms with E-state index in [-0.39, 0.29) is 30.0 Å². The fraction of sp³-hybridized carbons (Fsp3) is 0.400. The highest BCUT2D eigenvalue weighted by Crippen LogP contribution is 2.46. The van der Waals surface area contributed by atoms with Crippen LogP contribution in [-0.4, -0.2) is 26.5 Å². The molecule has 2 bridgehead atoms. The molecule has 152 valence electrons. The zero-order chi connectivity index (χ0) is 20.8. The van der Waals surface area contributed by atoms with Gasteiger partial charge in [-0.05, 0) is 43.4 Å². The van der Waals surface area contributed by atoms with Crippen molar-refractivity contribution < 1.29 is 19.1 Å². The highest BCUT2D eigenvalue weighted by Gasteiger charge is 2.48. The van der Waals surface area contributed by atoms with Crippen molar-refractivity contribution in [2.75, 3.05) is 0 Å². The SMILES string of the molecule is CC(=O)NC12CCC(CC1)n1c2nc(C(=O)NCc2ccc(F)cc2)c(O)c1=O. The fourth-order valence-electron chi connectivity index (χ4n) is 4.32. The quantitative estimate of drug-likeness (QED) is 0.720. The van der Waals surface area contributed by atoms with Crippen molar-refractivity contribution in [2.45, 2.75) is 50.7 Å². The fourth-order valence-corrected chi connectivity index (χ4v) is 4.32. The van der Waals surface area contributed by atoms with Crippen LogP contribution in [0.3, 0.4) is 0 Å². The highest BCUT2D eigenvalue weighted by molar-refractivity contribution is 5.94. The summed E-state index contributed by atoms with van der Waals surface area (Å²) in [5, 5.41) is 15.9. The summed E-state index contributed by atoms with van der Waals surface area (Å²) < 4.78 is 14.4. The van der Waals surface area contributed by atoms with Gasteiger partial charge in [-0.25, -0.2) is 9.37 Å². The first-order valence-corrected chi connectivity index (χ1v) is 9.48. The van der Waals surface area contributed by atoms with Gasteiger partial charge in [-0.2, -0.15) is 0 Å². The number of halogens is 1. The number of aromatic nitrogens is 2. The average Bonchev–Trinajstić information content (AvgIpc) is 2.70. The van der Waals surface area contributed by atoms with Crippen LogP contribution in [0, 0.1) is 5.82 Å². The summed E-state index contributed by atoms with van der Waals surface area (Å²) in [7, 11) is 0. The first-order chi connectivity index (χ1) is 13.8. The van der Waals surface area contributed by atoms with E-state index in [2.05, 4.69) is 15.6 Å². The maximum atomic E-state index is 13.0. The molecule has 3 N–H and O–H groups in total. The standard InChI is InChI=1S/C20H21FN4O4/c1-11(26)24-20-8-6-14(7-9-20)25-18(29)16(27)15(23-19(20)25)17(28)22-10-12-2-4-13(21)5-3-12/h2-5,14,27H,6-10H2,1H3,(H,22,28)(H,24,26). The lowest BCUT2D eigenvalue weighted by atomic mass is 9.74. The Kier molecular flexibility index (Phi) is 4.60. The second kappa shape index (κ2) is 6.98. The molecule has 2 aromatic rings. The van der Waals surface area contributed by atoms with E-state index in [1.807, 2.05) is 0 Å². The van der Waals surface area contributed by atoms with E-state index in [1.165, 1.54) is 35.8 Å². The number of rotatable bonds is 4. The number of nitrogens with zero attached hydrogens (tertiary/aromatic N) is 2. The van der Waals surface area contributed by atoms with Crippen molar-refractivity contribution in [1.82, 2.24) is 20.2 Å². The number of benzene rings is 1. The van der Waals surface area contributed by atoms with Crippen molar-refractivity contribution in [3.05, 3.63) is 57.5 Å². The van der Waals surface area contributed by atoms with Gasteiger partial charge in [-0.15, -0.1) is 0 Å². The van der Waals surface area contributed by atoms with Gasteiger partial charge in [0.25, 0.3) is 11.5 Å². The van der Waals surface area contributed by atoms with E-state index in [0.717, 1.165) is 0 Å². The third-order valence-electron chi connectivity index (χ3n) is 5.69. The van der Waals surface area contributed by atoms with Gasteiger partial charge >= 0.3 is 0 Å². The lowest BCUT2D eigenvalue weighted by Crippen LogP contribution is -2.56. The molecular formula is C20H21FN4O4. The van der Waals surface area contributed by atoms with Gasteiger partial charge in [0.2, 0.25) is 11.7 Å². The molecule has 1 fully saturated rings. The van der Waals surface area contributed by atoms with Gasteiger partial charge in [0.15, 0.2) is 5.69 Å². The summed E-state index contributed by atoms with van der Waals surface area (Å²) in [5.41, 5.74) is -1.22. The van der Waals surface area contributed by atoms with Crippen LogP contribution in [0.2, 0.25) is 0 Å². The van der Waals surface area contributed by atoms with Crippen molar-refractivity contribution in [3.8, 4) is 5.75 Å². The number of amides is 2. The molecule has 9 heteroatoms. The zero-order valence-electron chi connectivity index (χ0n) is 15.9. The van der Waals surface area contributed by atoms with Crippen LogP contribution in [-0.2, 0) is 16.9 Å².